The molecule has 4 aliphatic rings. The summed E-state index contributed by atoms with van der Waals surface area (Å²) >= 11 is 0. The van der Waals surface area contributed by atoms with Crippen LogP contribution in [-0.4, -0.2) is 114 Å². The van der Waals surface area contributed by atoms with Gasteiger partial charge in [0.25, 0.3) is 5.91 Å². The summed E-state index contributed by atoms with van der Waals surface area (Å²) in [5.41, 5.74) is 0.683. The number of hydrogen-bond acceptors (Lipinski definition) is 6. The molecule has 0 spiro atoms. The lowest BCUT2D eigenvalue weighted by Gasteiger charge is -2.43. The Labute approximate surface area is 197 Å². The monoisotopic (exact) mass is 454 g/mol. The molecule has 1 aliphatic carbocycles. The van der Waals surface area contributed by atoms with Crippen LogP contribution in [0.4, 0.5) is 5.82 Å². The maximum absolute atomic E-state index is 12.8. The molecule has 0 radical (unpaired) electrons. The van der Waals surface area contributed by atoms with Gasteiger partial charge in [0.1, 0.15) is 5.82 Å². The van der Waals surface area contributed by atoms with Gasteiger partial charge in [0.15, 0.2) is 0 Å². The predicted octanol–water partition coefficient (Wildman–Crippen LogP) is 1.53. The molecule has 0 atom stereocenters. The van der Waals surface area contributed by atoms with E-state index in [2.05, 4.69) is 24.6 Å². The zero-order valence-corrected chi connectivity index (χ0v) is 19.8. The third-order valence-corrected chi connectivity index (χ3v) is 7.95. The van der Waals surface area contributed by atoms with Crippen molar-refractivity contribution >= 4 is 17.6 Å². The third-order valence-electron chi connectivity index (χ3n) is 7.95. The number of rotatable bonds is 5. The number of pyridine rings is 1. The van der Waals surface area contributed by atoms with Gasteiger partial charge in [0.05, 0.1) is 12.1 Å². The summed E-state index contributed by atoms with van der Waals surface area (Å²) in [6, 6.07) is 4.67. The van der Waals surface area contributed by atoms with Gasteiger partial charge in [-0.25, -0.2) is 4.98 Å². The van der Waals surface area contributed by atoms with E-state index >= 15 is 0 Å². The molecule has 3 saturated heterocycles. The van der Waals surface area contributed by atoms with E-state index in [-0.39, 0.29) is 11.8 Å². The Morgan fingerprint density at radius 2 is 1.52 bits per heavy atom. The summed E-state index contributed by atoms with van der Waals surface area (Å²) in [7, 11) is 0. The summed E-state index contributed by atoms with van der Waals surface area (Å²) in [6.07, 6.45) is 9.18. The fourth-order valence-corrected chi connectivity index (χ4v) is 5.49. The molecule has 8 heteroatoms. The second-order valence-electron chi connectivity index (χ2n) is 10.0. The highest BCUT2D eigenvalue weighted by molar-refractivity contribution is 5.94. The number of hydrogen-bond donors (Lipinski definition) is 0. The minimum Gasteiger partial charge on any atom is -0.354 e. The van der Waals surface area contributed by atoms with Gasteiger partial charge in [-0.3, -0.25) is 19.4 Å². The number of anilines is 1. The molecule has 0 bridgehead atoms. The molecule has 1 aromatic heterocycles. The van der Waals surface area contributed by atoms with E-state index in [1.165, 1.54) is 25.7 Å². The number of amides is 2. The topological polar surface area (TPSA) is 63.2 Å². The predicted molar refractivity (Wildman–Crippen MR) is 128 cm³/mol. The molecule has 1 saturated carbocycles. The van der Waals surface area contributed by atoms with Gasteiger partial charge in [-0.2, -0.15) is 0 Å². The van der Waals surface area contributed by atoms with Crippen LogP contribution in [0.5, 0.6) is 0 Å². The van der Waals surface area contributed by atoms with Crippen LogP contribution in [0.25, 0.3) is 0 Å². The summed E-state index contributed by atoms with van der Waals surface area (Å²) in [4.78, 5) is 41.2. The van der Waals surface area contributed by atoms with Crippen molar-refractivity contribution in [2.24, 2.45) is 0 Å². The first-order valence-corrected chi connectivity index (χ1v) is 12.9. The van der Waals surface area contributed by atoms with E-state index in [0.717, 1.165) is 90.1 Å². The molecule has 2 amide bonds. The molecule has 4 heterocycles. The van der Waals surface area contributed by atoms with Crippen molar-refractivity contribution in [3.8, 4) is 0 Å². The maximum Gasteiger partial charge on any atom is 0.255 e. The highest BCUT2D eigenvalue weighted by Crippen LogP contribution is 2.25. The second kappa shape index (κ2) is 10.4. The van der Waals surface area contributed by atoms with Crippen LogP contribution < -0.4 is 4.90 Å². The Balaban J connectivity index is 1.06. The molecule has 8 nitrogen and oxygen atoms in total. The van der Waals surface area contributed by atoms with Crippen molar-refractivity contribution in [2.45, 2.75) is 44.6 Å². The maximum atomic E-state index is 12.8. The van der Waals surface area contributed by atoms with Gasteiger partial charge in [-0.15, -0.1) is 0 Å². The van der Waals surface area contributed by atoms with Gasteiger partial charge < -0.3 is 14.7 Å². The molecule has 0 unspecified atom stereocenters. The van der Waals surface area contributed by atoms with Crippen LogP contribution in [-0.2, 0) is 4.79 Å². The SMILES string of the molecule is O=C(CN1CCN(c2ccc(C(=O)N3CCCCC3)cn2)CC1)N1CCN(C2CCC2)CC1. The van der Waals surface area contributed by atoms with Gasteiger partial charge in [0.2, 0.25) is 5.91 Å². The zero-order chi connectivity index (χ0) is 22.6. The molecule has 0 aromatic carbocycles. The van der Waals surface area contributed by atoms with Crippen LogP contribution in [0.3, 0.4) is 0 Å². The van der Waals surface area contributed by atoms with E-state index in [9.17, 15) is 9.59 Å². The highest BCUT2D eigenvalue weighted by atomic mass is 16.2. The van der Waals surface area contributed by atoms with E-state index < -0.39 is 0 Å². The molecule has 3 aliphatic heterocycles. The standard InChI is InChI=1S/C25H38N6O2/c32-24(30-17-15-28(16-18-30)22-5-4-6-22)20-27-11-13-29(14-12-27)23-8-7-21(19-26-23)25(33)31-9-2-1-3-10-31/h7-8,19,22H,1-6,9-18,20H2. The van der Waals surface area contributed by atoms with Crippen LogP contribution in [0.1, 0.15) is 48.9 Å². The van der Waals surface area contributed by atoms with E-state index in [0.29, 0.717) is 12.1 Å². The molecule has 4 fully saturated rings. The first-order chi connectivity index (χ1) is 16.2. The second-order valence-corrected chi connectivity index (χ2v) is 10.0. The summed E-state index contributed by atoms with van der Waals surface area (Å²) in [6.45, 7) is 9.50. The van der Waals surface area contributed by atoms with Gasteiger partial charge in [-0.1, -0.05) is 6.42 Å². The molecule has 0 N–H and O–H groups in total. The molecule has 5 rings (SSSR count). The van der Waals surface area contributed by atoms with Crippen LogP contribution in [0.15, 0.2) is 18.3 Å². The van der Waals surface area contributed by atoms with Gasteiger partial charge in [0, 0.05) is 77.7 Å². The van der Waals surface area contributed by atoms with Gasteiger partial charge >= 0.3 is 0 Å². The first kappa shape index (κ1) is 22.6. The number of piperazine rings is 2. The largest absolute Gasteiger partial charge is 0.354 e. The van der Waals surface area contributed by atoms with E-state index in [4.69, 9.17) is 0 Å². The first-order valence-electron chi connectivity index (χ1n) is 12.9. The summed E-state index contributed by atoms with van der Waals surface area (Å²) in [5.74, 6) is 1.30. The van der Waals surface area contributed by atoms with Crippen molar-refractivity contribution in [3.63, 3.8) is 0 Å². The minimum atomic E-state index is 0.102. The fraction of sp³-hybridized carbons (Fsp3) is 0.720. The Kier molecular flexibility index (Phi) is 7.11. The number of aromatic nitrogens is 1. The number of nitrogens with zero attached hydrogens (tertiary/aromatic N) is 6. The Bertz CT molecular complexity index is 805. The lowest BCUT2D eigenvalue weighted by molar-refractivity contribution is -0.134. The van der Waals surface area contributed by atoms with Crippen LogP contribution in [0.2, 0.25) is 0 Å². The Morgan fingerprint density at radius 1 is 0.788 bits per heavy atom. The average molecular weight is 455 g/mol. The smallest absolute Gasteiger partial charge is 0.255 e. The Hall–Kier alpha value is -2.19. The third kappa shape index (κ3) is 5.32. The molecular formula is C25H38N6O2. The number of carbonyl (C=O) groups is 2. The lowest BCUT2D eigenvalue weighted by Crippen LogP contribution is -2.56. The quantitative estimate of drug-likeness (QED) is 0.672. The zero-order valence-electron chi connectivity index (χ0n) is 19.8. The highest BCUT2D eigenvalue weighted by Gasteiger charge is 2.30. The normalized spacial score (nSPS) is 23.5. The Morgan fingerprint density at radius 3 is 2.12 bits per heavy atom. The molecule has 180 valence electrons. The fourth-order valence-electron chi connectivity index (χ4n) is 5.49. The minimum absolute atomic E-state index is 0.102. The van der Waals surface area contributed by atoms with Crippen molar-refractivity contribution in [1.29, 1.82) is 0 Å². The van der Waals surface area contributed by atoms with Crippen molar-refractivity contribution in [2.75, 3.05) is 76.9 Å². The van der Waals surface area contributed by atoms with E-state index in [1.807, 2.05) is 17.0 Å². The van der Waals surface area contributed by atoms with E-state index in [1.54, 1.807) is 6.20 Å². The van der Waals surface area contributed by atoms with Crippen molar-refractivity contribution in [1.82, 2.24) is 24.6 Å². The summed E-state index contributed by atoms with van der Waals surface area (Å²) in [5, 5.41) is 0. The number of likely N-dealkylation sites (tertiary alicyclic amines) is 1. The summed E-state index contributed by atoms with van der Waals surface area (Å²) < 4.78 is 0. The number of carbonyl (C=O) groups excluding carboxylic acids is 2. The lowest BCUT2D eigenvalue weighted by atomic mass is 9.91. The van der Waals surface area contributed by atoms with Crippen LogP contribution in [0, 0.1) is 0 Å². The molecule has 33 heavy (non-hydrogen) atoms. The number of piperidine rings is 1. The molecular weight excluding hydrogens is 416 g/mol. The van der Waals surface area contributed by atoms with Crippen molar-refractivity contribution in [3.05, 3.63) is 23.9 Å². The van der Waals surface area contributed by atoms with Gasteiger partial charge in [-0.05, 0) is 44.2 Å². The molecule has 1 aromatic rings. The van der Waals surface area contributed by atoms with Crippen molar-refractivity contribution < 1.29 is 9.59 Å². The average Bonchev–Trinajstić information content (AvgIpc) is 2.84. The van der Waals surface area contributed by atoms with Crippen LogP contribution >= 0.6 is 0 Å².